The third-order valence-corrected chi connectivity index (χ3v) is 6.58. The van der Waals surface area contributed by atoms with Gasteiger partial charge in [-0.25, -0.2) is 8.42 Å². The first kappa shape index (κ1) is 16.9. The van der Waals surface area contributed by atoms with E-state index in [4.69, 9.17) is 0 Å². The molecule has 24 heavy (non-hydrogen) atoms. The lowest BCUT2D eigenvalue weighted by Crippen LogP contribution is -2.47. The Balaban J connectivity index is 2.00. The van der Waals surface area contributed by atoms with Crippen LogP contribution in [0.4, 0.5) is 5.69 Å². The molecule has 0 radical (unpaired) electrons. The summed E-state index contributed by atoms with van der Waals surface area (Å²) in [6.07, 6.45) is 2.36. The van der Waals surface area contributed by atoms with Crippen molar-refractivity contribution in [3.8, 4) is 0 Å². The standard InChI is InChI=1S/C16H20N2O5S/c1-11(19)17-9-7-12-5-6-13(10-15(12)17)24(22,23)18-8-3-2-4-14(18)16(20)21/h5-6,10,14H,2-4,7-9H2,1H3,(H,20,21). The van der Waals surface area contributed by atoms with Crippen LogP contribution in [0.3, 0.4) is 0 Å². The number of fused-ring (bicyclic) bond motifs is 1. The van der Waals surface area contributed by atoms with Crippen LogP contribution in [0.2, 0.25) is 0 Å². The number of aliphatic carboxylic acids is 1. The molecule has 3 rings (SSSR count). The fourth-order valence-electron chi connectivity index (χ4n) is 3.42. The van der Waals surface area contributed by atoms with E-state index in [0.29, 0.717) is 37.9 Å². The summed E-state index contributed by atoms with van der Waals surface area (Å²) in [4.78, 5) is 24.7. The van der Waals surface area contributed by atoms with Gasteiger partial charge in [-0.3, -0.25) is 9.59 Å². The van der Waals surface area contributed by atoms with Crippen molar-refractivity contribution in [2.24, 2.45) is 0 Å². The van der Waals surface area contributed by atoms with Crippen molar-refractivity contribution in [3.63, 3.8) is 0 Å². The van der Waals surface area contributed by atoms with E-state index in [1.54, 1.807) is 11.0 Å². The van der Waals surface area contributed by atoms with Crippen LogP contribution in [0.5, 0.6) is 0 Å². The molecule has 0 saturated carbocycles. The minimum Gasteiger partial charge on any atom is -0.480 e. The van der Waals surface area contributed by atoms with Gasteiger partial charge in [0.05, 0.1) is 4.90 Å². The second kappa shape index (κ2) is 6.18. The average molecular weight is 352 g/mol. The molecule has 1 N–H and O–H groups in total. The van der Waals surface area contributed by atoms with Gasteiger partial charge in [0.2, 0.25) is 15.9 Å². The lowest BCUT2D eigenvalue weighted by Gasteiger charge is -2.32. The zero-order chi connectivity index (χ0) is 17.5. The quantitative estimate of drug-likeness (QED) is 0.883. The molecule has 2 aliphatic rings. The smallest absolute Gasteiger partial charge is 0.322 e. The minimum atomic E-state index is -3.91. The first-order valence-electron chi connectivity index (χ1n) is 7.98. The van der Waals surface area contributed by atoms with Gasteiger partial charge in [0, 0.05) is 25.7 Å². The van der Waals surface area contributed by atoms with Gasteiger partial charge in [-0.15, -0.1) is 0 Å². The lowest BCUT2D eigenvalue weighted by molar-refractivity contribution is -0.142. The number of hydrogen-bond donors (Lipinski definition) is 1. The summed E-state index contributed by atoms with van der Waals surface area (Å²) in [5.74, 6) is -1.26. The molecule has 0 aliphatic carbocycles. The normalized spacial score (nSPS) is 21.5. The lowest BCUT2D eigenvalue weighted by atomic mass is 10.1. The van der Waals surface area contributed by atoms with E-state index >= 15 is 0 Å². The van der Waals surface area contributed by atoms with Gasteiger partial charge in [-0.2, -0.15) is 4.31 Å². The molecule has 0 bridgehead atoms. The van der Waals surface area contributed by atoms with Gasteiger partial charge in [-0.05, 0) is 43.4 Å². The Morgan fingerprint density at radius 3 is 2.62 bits per heavy atom. The van der Waals surface area contributed by atoms with Crippen LogP contribution in [-0.4, -0.2) is 48.8 Å². The maximum absolute atomic E-state index is 12.9. The molecular formula is C16H20N2O5S. The summed E-state index contributed by atoms with van der Waals surface area (Å²) in [6, 6.07) is 3.68. The van der Waals surface area contributed by atoms with Gasteiger partial charge in [0.15, 0.2) is 0 Å². The molecule has 1 saturated heterocycles. The Morgan fingerprint density at radius 2 is 1.96 bits per heavy atom. The summed E-state index contributed by atoms with van der Waals surface area (Å²) in [5.41, 5.74) is 1.53. The average Bonchev–Trinajstić information content (AvgIpc) is 2.98. The number of sulfonamides is 1. The SMILES string of the molecule is CC(=O)N1CCc2ccc(S(=O)(=O)N3CCCCC3C(=O)O)cc21. The van der Waals surface area contributed by atoms with E-state index in [0.717, 1.165) is 9.87 Å². The summed E-state index contributed by atoms with van der Waals surface area (Å²) >= 11 is 0. The number of anilines is 1. The monoisotopic (exact) mass is 352 g/mol. The van der Waals surface area contributed by atoms with Crippen molar-refractivity contribution in [3.05, 3.63) is 23.8 Å². The summed E-state index contributed by atoms with van der Waals surface area (Å²) < 4.78 is 27.0. The van der Waals surface area contributed by atoms with Crippen LogP contribution in [-0.2, 0) is 26.0 Å². The molecule has 0 spiro atoms. The highest BCUT2D eigenvalue weighted by molar-refractivity contribution is 7.89. The van der Waals surface area contributed by atoms with E-state index in [1.807, 2.05) is 0 Å². The van der Waals surface area contributed by atoms with Crippen molar-refractivity contribution in [2.45, 2.75) is 43.5 Å². The van der Waals surface area contributed by atoms with Crippen molar-refractivity contribution >= 4 is 27.6 Å². The first-order valence-corrected chi connectivity index (χ1v) is 9.42. The highest BCUT2D eigenvalue weighted by Crippen LogP contribution is 2.33. The molecular weight excluding hydrogens is 332 g/mol. The second-order valence-electron chi connectivity index (χ2n) is 6.18. The Kier molecular flexibility index (Phi) is 4.35. The number of piperidine rings is 1. The maximum atomic E-state index is 12.9. The van der Waals surface area contributed by atoms with Crippen LogP contribution in [0.25, 0.3) is 0 Å². The van der Waals surface area contributed by atoms with E-state index in [1.165, 1.54) is 19.1 Å². The number of hydrogen-bond acceptors (Lipinski definition) is 4. The molecule has 2 heterocycles. The highest BCUT2D eigenvalue weighted by atomic mass is 32.2. The number of carboxylic acid groups (broad SMARTS) is 1. The van der Waals surface area contributed by atoms with Gasteiger partial charge >= 0.3 is 5.97 Å². The van der Waals surface area contributed by atoms with Crippen molar-refractivity contribution < 1.29 is 23.1 Å². The number of carboxylic acids is 1. The van der Waals surface area contributed by atoms with Gasteiger partial charge in [0.25, 0.3) is 0 Å². The number of amides is 1. The number of carbonyl (C=O) groups is 2. The van der Waals surface area contributed by atoms with Gasteiger partial charge < -0.3 is 10.0 Å². The fraction of sp³-hybridized carbons (Fsp3) is 0.500. The van der Waals surface area contributed by atoms with Crippen LogP contribution >= 0.6 is 0 Å². The van der Waals surface area contributed by atoms with E-state index in [-0.39, 0.29) is 17.3 Å². The topological polar surface area (TPSA) is 95.0 Å². The molecule has 2 aliphatic heterocycles. The third kappa shape index (κ3) is 2.80. The summed E-state index contributed by atoms with van der Waals surface area (Å²) in [7, 11) is -3.91. The number of rotatable bonds is 3. The van der Waals surface area contributed by atoms with Crippen LogP contribution in [0, 0.1) is 0 Å². The fourth-order valence-corrected chi connectivity index (χ4v) is 5.09. The van der Waals surface area contributed by atoms with E-state index < -0.39 is 22.0 Å². The molecule has 0 aromatic heterocycles. The molecule has 1 aromatic rings. The Hall–Kier alpha value is -1.93. The zero-order valence-electron chi connectivity index (χ0n) is 13.4. The van der Waals surface area contributed by atoms with Crippen LogP contribution in [0.1, 0.15) is 31.7 Å². The molecule has 1 fully saturated rings. The van der Waals surface area contributed by atoms with Crippen molar-refractivity contribution in [1.82, 2.24) is 4.31 Å². The maximum Gasteiger partial charge on any atom is 0.322 e. The molecule has 130 valence electrons. The molecule has 1 aromatic carbocycles. The zero-order valence-corrected chi connectivity index (χ0v) is 14.3. The van der Waals surface area contributed by atoms with Crippen LogP contribution < -0.4 is 4.90 Å². The largest absolute Gasteiger partial charge is 0.480 e. The van der Waals surface area contributed by atoms with E-state index in [9.17, 15) is 23.1 Å². The third-order valence-electron chi connectivity index (χ3n) is 4.68. The summed E-state index contributed by atoms with van der Waals surface area (Å²) in [6.45, 7) is 2.18. The van der Waals surface area contributed by atoms with Gasteiger partial charge in [-0.1, -0.05) is 6.07 Å². The summed E-state index contributed by atoms with van der Waals surface area (Å²) in [5, 5.41) is 9.33. The number of carbonyl (C=O) groups excluding carboxylic acids is 1. The molecule has 7 nitrogen and oxygen atoms in total. The first-order chi connectivity index (χ1) is 11.3. The second-order valence-corrected chi connectivity index (χ2v) is 8.07. The number of nitrogens with zero attached hydrogens (tertiary/aromatic N) is 2. The Morgan fingerprint density at radius 1 is 1.21 bits per heavy atom. The predicted octanol–water partition coefficient (Wildman–Crippen LogP) is 1.22. The van der Waals surface area contributed by atoms with Gasteiger partial charge in [0.1, 0.15) is 6.04 Å². The van der Waals surface area contributed by atoms with E-state index in [2.05, 4.69) is 0 Å². The highest BCUT2D eigenvalue weighted by Gasteiger charge is 2.38. The number of benzene rings is 1. The predicted molar refractivity (Wildman–Crippen MR) is 87.3 cm³/mol. The van der Waals surface area contributed by atoms with Crippen molar-refractivity contribution in [2.75, 3.05) is 18.0 Å². The molecule has 8 heteroatoms. The molecule has 1 atom stereocenters. The molecule has 1 unspecified atom stereocenters. The Labute approximate surface area is 140 Å². The van der Waals surface area contributed by atoms with Crippen LogP contribution in [0.15, 0.2) is 23.1 Å². The van der Waals surface area contributed by atoms with Crippen molar-refractivity contribution in [1.29, 1.82) is 0 Å². The minimum absolute atomic E-state index is 0.0440. The Bertz CT molecular complexity index is 790. The molecule has 1 amide bonds.